The third kappa shape index (κ3) is 3.53. The number of rotatable bonds is 4. The summed E-state index contributed by atoms with van der Waals surface area (Å²) in [5, 5.41) is 15.0. The Balaban J connectivity index is 1.52. The zero-order chi connectivity index (χ0) is 23.1. The molecule has 1 N–H and O–H groups in total. The maximum atomic E-state index is 13.3. The number of hydrogen-bond donors (Lipinski definition) is 1. The molecule has 0 aromatic heterocycles. The first-order valence-electron chi connectivity index (χ1n) is 11.0. The Hall–Kier alpha value is -4.07. The van der Waals surface area contributed by atoms with Gasteiger partial charge in [-0.05, 0) is 49.2 Å². The number of benzene rings is 3. The number of anilines is 1. The molecule has 1 aliphatic heterocycles. The SMILES string of the molecule is O=C(NC1CCCCC1)c1cccc(N2C(=O)c3cccc4c([N+](=O)[O-])ccc(c34)C2=O)c1. The molecule has 166 valence electrons. The molecule has 1 aliphatic carbocycles. The van der Waals surface area contributed by atoms with Crippen molar-refractivity contribution in [2.24, 2.45) is 0 Å². The van der Waals surface area contributed by atoms with E-state index in [1.54, 1.807) is 30.3 Å². The molecule has 0 radical (unpaired) electrons. The molecule has 1 saturated carbocycles. The van der Waals surface area contributed by atoms with E-state index in [1.807, 2.05) is 0 Å². The van der Waals surface area contributed by atoms with E-state index < -0.39 is 16.7 Å². The van der Waals surface area contributed by atoms with Crippen LogP contribution in [0.5, 0.6) is 0 Å². The second kappa shape index (κ2) is 8.12. The number of amides is 3. The van der Waals surface area contributed by atoms with Gasteiger partial charge in [0.15, 0.2) is 0 Å². The summed E-state index contributed by atoms with van der Waals surface area (Å²) in [4.78, 5) is 51.4. The highest BCUT2D eigenvalue weighted by Gasteiger charge is 2.36. The fraction of sp³-hybridized carbons (Fsp3) is 0.240. The summed E-state index contributed by atoms with van der Waals surface area (Å²) in [5.41, 5.74) is 0.908. The Bertz CT molecular complexity index is 1300. The van der Waals surface area contributed by atoms with E-state index in [9.17, 15) is 24.5 Å². The van der Waals surface area contributed by atoms with E-state index in [0.29, 0.717) is 5.56 Å². The average Bonchev–Trinajstić information content (AvgIpc) is 2.83. The number of carbonyl (C=O) groups excluding carboxylic acids is 3. The van der Waals surface area contributed by atoms with E-state index in [2.05, 4.69) is 5.32 Å². The highest BCUT2D eigenvalue weighted by Crippen LogP contribution is 2.37. The van der Waals surface area contributed by atoms with Crippen molar-refractivity contribution >= 4 is 39.9 Å². The first kappa shape index (κ1) is 20.8. The van der Waals surface area contributed by atoms with Gasteiger partial charge in [-0.1, -0.05) is 31.4 Å². The third-order valence-corrected chi connectivity index (χ3v) is 6.39. The molecule has 3 aromatic carbocycles. The second-order valence-corrected chi connectivity index (χ2v) is 8.42. The lowest BCUT2D eigenvalue weighted by atomic mass is 9.92. The summed E-state index contributed by atoms with van der Waals surface area (Å²) >= 11 is 0. The van der Waals surface area contributed by atoms with Crippen molar-refractivity contribution in [1.82, 2.24) is 5.32 Å². The lowest BCUT2D eigenvalue weighted by Crippen LogP contribution is -2.41. The molecule has 33 heavy (non-hydrogen) atoms. The van der Waals surface area contributed by atoms with Gasteiger partial charge in [-0.3, -0.25) is 24.5 Å². The Labute approximate surface area is 189 Å². The highest BCUT2D eigenvalue weighted by atomic mass is 16.6. The largest absolute Gasteiger partial charge is 0.349 e. The maximum absolute atomic E-state index is 13.3. The summed E-state index contributed by atoms with van der Waals surface area (Å²) in [6.45, 7) is 0. The molecule has 5 rings (SSSR count). The summed E-state index contributed by atoms with van der Waals surface area (Å²) in [7, 11) is 0. The van der Waals surface area contributed by atoms with Gasteiger partial charge >= 0.3 is 0 Å². The molecule has 0 saturated heterocycles. The van der Waals surface area contributed by atoms with Crippen molar-refractivity contribution in [2.45, 2.75) is 38.1 Å². The highest BCUT2D eigenvalue weighted by molar-refractivity contribution is 6.36. The van der Waals surface area contributed by atoms with Gasteiger partial charge in [-0.15, -0.1) is 0 Å². The van der Waals surface area contributed by atoms with Crippen LogP contribution >= 0.6 is 0 Å². The maximum Gasteiger partial charge on any atom is 0.277 e. The van der Waals surface area contributed by atoms with Gasteiger partial charge in [0.2, 0.25) is 0 Å². The Morgan fingerprint density at radius 2 is 1.64 bits per heavy atom. The van der Waals surface area contributed by atoms with Crippen LogP contribution in [0, 0.1) is 10.1 Å². The minimum Gasteiger partial charge on any atom is -0.349 e. The lowest BCUT2D eigenvalue weighted by molar-refractivity contribution is -0.383. The number of hydrogen-bond acceptors (Lipinski definition) is 5. The summed E-state index contributed by atoms with van der Waals surface area (Å²) < 4.78 is 0. The van der Waals surface area contributed by atoms with Crippen molar-refractivity contribution in [3.05, 3.63) is 81.4 Å². The van der Waals surface area contributed by atoms with E-state index in [4.69, 9.17) is 0 Å². The van der Waals surface area contributed by atoms with E-state index in [-0.39, 0.29) is 45.2 Å². The van der Waals surface area contributed by atoms with Gasteiger partial charge in [0.1, 0.15) is 0 Å². The van der Waals surface area contributed by atoms with Gasteiger partial charge in [-0.25, -0.2) is 4.90 Å². The van der Waals surface area contributed by atoms with Crippen molar-refractivity contribution in [3.63, 3.8) is 0 Å². The fourth-order valence-corrected chi connectivity index (χ4v) is 4.78. The smallest absolute Gasteiger partial charge is 0.277 e. The summed E-state index contributed by atoms with van der Waals surface area (Å²) in [6, 6.07) is 13.9. The predicted octanol–water partition coefficient (Wildman–Crippen LogP) is 4.61. The molecule has 0 unspecified atom stereocenters. The minimum atomic E-state index is -0.580. The van der Waals surface area contributed by atoms with Crippen molar-refractivity contribution < 1.29 is 19.3 Å². The van der Waals surface area contributed by atoms with Crippen LogP contribution in [0.1, 0.15) is 63.2 Å². The normalized spacial score (nSPS) is 16.2. The van der Waals surface area contributed by atoms with Gasteiger partial charge < -0.3 is 5.32 Å². The monoisotopic (exact) mass is 443 g/mol. The van der Waals surface area contributed by atoms with E-state index >= 15 is 0 Å². The topological polar surface area (TPSA) is 110 Å². The number of carbonyl (C=O) groups is 3. The van der Waals surface area contributed by atoms with Gasteiger partial charge in [0.25, 0.3) is 23.4 Å². The standard InChI is InChI=1S/C25H21N3O5/c29-23(26-16-7-2-1-3-8-16)15-6-4-9-17(14-15)27-24(30)19-11-5-10-18-21(28(32)33)13-12-20(22(18)19)25(27)31/h4-6,9-14,16H,1-3,7-8H2,(H,26,29). The zero-order valence-corrected chi connectivity index (χ0v) is 17.7. The summed E-state index contributed by atoms with van der Waals surface area (Å²) in [5.74, 6) is -1.40. The number of non-ortho nitro benzene ring substituents is 1. The molecule has 0 spiro atoms. The summed E-state index contributed by atoms with van der Waals surface area (Å²) in [6.07, 6.45) is 5.25. The van der Waals surface area contributed by atoms with E-state index in [0.717, 1.165) is 30.6 Å². The van der Waals surface area contributed by atoms with Crippen LogP contribution in [-0.4, -0.2) is 28.7 Å². The Morgan fingerprint density at radius 1 is 0.939 bits per heavy atom. The lowest BCUT2D eigenvalue weighted by Gasteiger charge is -2.27. The van der Waals surface area contributed by atoms with Crippen LogP contribution in [0.25, 0.3) is 10.8 Å². The molecule has 8 heteroatoms. The number of nitrogens with one attached hydrogen (secondary N) is 1. The number of nitro benzene ring substituents is 1. The number of nitrogens with zero attached hydrogens (tertiary/aromatic N) is 2. The van der Waals surface area contributed by atoms with Crippen molar-refractivity contribution in [3.8, 4) is 0 Å². The van der Waals surface area contributed by atoms with Crippen LogP contribution < -0.4 is 10.2 Å². The molecule has 2 aliphatic rings. The fourth-order valence-electron chi connectivity index (χ4n) is 4.78. The van der Waals surface area contributed by atoms with Crippen LogP contribution in [0.15, 0.2) is 54.6 Å². The molecule has 0 atom stereocenters. The van der Waals surface area contributed by atoms with Crippen LogP contribution in [0.4, 0.5) is 11.4 Å². The van der Waals surface area contributed by atoms with Gasteiger partial charge in [-0.2, -0.15) is 0 Å². The molecule has 8 nitrogen and oxygen atoms in total. The molecule has 3 aromatic rings. The Kier molecular flexibility index (Phi) is 5.12. The second-order valence-electron chi connectivity index (χ2n) is 8.42. The molecule has 1 heterocycles. The van der Waals surface area contributed by atoms with Crippen LogP contribution in [-0.2, 0) is 0 Å². The van der Waals surface area contributed by atoms with E-state index in [1.165, 1.54) is 30.7 Å². The first-order valence-corrected chi connectivity index (χ1v) is 11.0. The number of nitro groups is 1. The van der Waals surface area contributed by atoms with Crippen LogP contribution in [0.2, 0.25) is 0 Å². The van der Waals surface area contributed by atoms with Gasteiger partial charge in [0, 0.05) is 34.2 Å². The molecular weight excluding hydrogens is 422 g/mol. The minimum absolute atomic E-state index is 0.133. The van der Waals surface area contributed by atoms with Gasteiger partial charge in [0.05, 0.1) is 16.0 Å². The van der Waals surface area contributed by atoms with Crippen molar-refractivity contribution in [2.75, 3.05) is 4.90 Å². The predicted molar refractivity (Wildman–Crippen MR) is 123 cm³/mol. The number of imide groups is 1. The Morgan fingerprint density at radius 3 is 2.36 bits per heavy atom. The molecule has 0 bridgehead atoms. The molecular formula is C25H21N3O5. The van der Waals surface area contributed by atoms with Crippen molar-refractivity contribution in [1.29, 1.82) is 0 Å². The molecule has 3 amide bonds. The quantitative estimate of drug-likeness (QED) is 0.360. The molecule has 1 fully saturated rings. The first-order chi connectivity index (χ1) is 16.0. The average molecular weight is 443 g/mol. The zero-order valence-electron chi connectivity index (χ0n) is 17.7. The third-order valence-electron chi connectivity index (χ3n) is 6.39. The van der Waals surface area contributed by atoms with Crippen LogP contribution in [0.3, 0.4) is 0 Å².